The topological polar surface area (TPSA) is 332 Å². The van der Waals surface area contributed by atoms with E-state index in [1.165, 1.54) is 20.9 Å². The van der Waals surface area contributed by atoms with Crippen LogP contribution >= 0.6 is 0 Å². The molecule has 0 spiro atoms. The minimum Gasteiger partial charge on any atom is -0.475 e. The Labute approximate surface area is 902 Å². The second kappa shape index (κ2) is 58.8. The van der Waals surface area contributed by atoms with Gasteiger partial charge in [0.05, 0.1) is 75.2 Å². The van der Waals surface area contributed by atoms with E-state index in [9.17, 15) is 57.5 Å². The van der Waals surface area contributed by atoms with Gasteiger partial charge in [-0.2, -0.15) is 15.0 Å². The molecule has 2 aliphatic heterocycles. The van der Waals surface area contributed by atoms with Gasteiger partial charge in [-0.15, -0.1) is 0 Å². The van der Waals surface area contributed by atoms with Crippen molar-refractivity contribution in [1.82, 2.24) is 35.1 Å². The molecule has 26 heteroatoms. The standard InChI is InChI=1S/C23H31NO3.C23H30O3.C20H29N3O2.C20H34N2O5.C16H27NO3.C11H22O2.C11H22O/c1-22(2,3)19-10-7-17(8-11-19)18-9-12-21(24-15-18)27-14-13-26-16-20(25)23(4,5)6;1-22(2,3)18-9-13-20(14-10-18)26-19-11-7-17(8-12-19)15-25-16-21(24)23(4,5)6;1-19(2,3)18(24)13-15-7-9-16(10-8-15)17-14-21-23(22-17)11-12-25-20(4,5)6;1-19(2,3)14-13-17(25)22(18(14)26)10-7-16(24)21-9-12-27-11-8-15(23)20(4,5)6;1-15(2,3)11-10-13(19)17(14(11)20)9-7-8-12(18)16(4,5)6;1-10(2,3)7-8-13-9(12)11(4,5)6;1-10(2,3)8-7-9(12)11(4,5)6/h7-12,15H,13-14,16H2,1-6H3;7-14H,15-16H2,1-6H3;7-10,14H,11-13H2,1-6H3;14H,7-13H2,1-6H3,(H,21,24);11H,7-10H2,1-6H3;7-8H2,1-6H3;7-8H2,1-6H3. The van der Waals surface area contributed by atoms with Crippen LogP contribution in [0.1, 0.15) is 371 Å². The quantitative estimate of drug-likeness (QED) is 0.0217. The van der Waals surface area contributed by atoms with Gasteiger partial charge in [-0.25, -0.2) is 4.98 Å². The number of nitrogens with one attached hydrogen (secondary N) is 1. The first-order valence-electron chi connectivity index (χ1n) is 53.5. The molecule has 150 heavy (non-hydrogen) atoms. The highest BCUT2D eigenvalue weighted by atomic mass is 16.5. The van der Waals surface area contributed by atoms with E-state index < -0.39 is 0 Å². The Balaban J connectivity index is 0.000000601. The first kappa shape index (κ1) is 136. The van der Waals surface area contributed by atoms with Crippen molar-refractivity contribution in [2.75, 3.05) is 72.5 Å². The Morgan fingerprint density at radius 2 is 0.800 bits per heavy atom. The number of benzene rings is 4. The molecule has 6 aromatic rings. The molecular weight excluding hydrogens is 1890 g/mol. The number of Topliss-reactive ketones (excluding diaryl/α,β-unsaturated/α-hetero) is 6. The maximum absolute atomic E-state index is 12.4. The van der Waals surface area contributed by atoms with E-state index in [4.69, 9.17) is 33.2 Å². The van der Waals surface area contributed by atoms with Crippen LogP contribution < -0.4 is 14.8 Å². The summed E-state index contributed by atoms with van der Waals surface area (Å²) in [6.07, 6.45) is 8.57. The fourth-order valence-corrected chi connectivity index (χ4v) is 13.6. The zero-order chi connectivity index (χ0) is 115. The molecule has 4 heterocycles. The third kappa shape index (κ3) is 54.9. The summed E-state index contributed by atoms with van der Waals surface area (Å²) in [7, 11) is 0. The van der Waals surface area contributed by atoms with Gasteiger partial charge in [0.1, 0.15) is 60.1 Å². The summed E-state index contributed by atoms with van der Waals surface area (Å²) >= 11 is 0. The average Bonchev–Trinajstić information content (AvgIpc) is 1.65. The predicted molar refractivity (Wildman–Crippen MR) is 602 cm³/mol. The number of amides is 5. The number of carbonyl (C=O) groups excluding carboxylic acids is 12. The van der Waals surface area contributed by atoms with Crippen molar-refractivity contribution in [1.29, 1.82) is 0 Å². The highest BCUT2D eigenvalue weighted by Crippen LogP contribution is 2.39. The highest BCUT2D eigenvalue weighted by molar-refractivity contribution is 6.05. The second-order valence-corrected chi connectivity index (χ2v) is 54.2. The van der Waals surface area contributed by atoms with Crippen molar-refractivity contribution < 1.29 is 90.7 Å². The number of aromatic nitrogens is 4. The molecule has 8 rings (SSSR count). The van der Waals surface area contributed by atoms with Crippen molar-refractivity contribution in [3.8, 4) is 39.8 Å². The lowest BCUT2D eigenvalue weighted by atomic mass is 9.80. The van der Waals surface area contributed by atoms with E-state index in [0.717, 1.165) is 57.9 Å². The van der Waals surface area contributed by atoms with Gasteiger partial charge in [0, 0.05) is 120 Å². The van der Waals surface area contributed by atoms with Crippen molar-refractivity contribution in [3.63, 3.8) is 0 Å². The number of hydrogen-bond acceptors (Lipinski definition) is 22. The van der Waals surface area contributed by atoms with Gasteiger partial charge in [-0.3, -0.25) is 67.3 Å². The first-order valence-corrected chi connectivity index (χ1v) is 53.5. The zero-order valence-corrected chi connectivity index (χ0v) is 100. The number of carbonyl (C=O) groups is 12. The molecule has 840 valence electrons. The van der Waals surface area contributed by atoms with Gasteiger partial charge in [0.15, 0.2) is 11.6 Å². The fraction of sp³-hybridized carbons (Fsp3) is 0.653. The van der Waals surface area contributed by atoms with Crippen LogP contribution in [0.25, 0.3) is 22.4 Å². The summed E-state index contributed by atoms with van der Waals surface area (Å²) in [6, 6.07) is 36.3. The van der Waals surface area contributed by atoms with E-state index in [1.807, 2.05) is 287 Å². The summed E-state index contributed by atoms with van der Waals surface area (Å²) < 4.78 is 38.6. The normalized spacial score (nSPS) is 14.5. The third-order valence-electron chi connectivity index (χ3n) is 24.7. The van der Waals surface area contributed by atoms with Crippen LogP contribution in [-0.2, 0) is 112 Å². The van der Waals surface area contributed by atoms with Crippen molar-refractivity contribution in [2.24, 2.45) is 71.4 Å². The van der Waals surface area contributed by atoms with Crippen LogP contribution in [0.5, 0.6) is 17.4 Å². The Hall–Kier alpha value is -10.2. The number of ether oxygens (including phenoxy) is 7. The van der Waals surface area contributed by atoms with E-state index in [1.54, 1.807) is 11.0 Å². The molecule has 1 N–H and O–H groups in total. The van der Waals surface area contributed by atoms with Crippen LogP contribution in [0.4, 0.5) is 0 Å². The molecule has 2 atom stereocenters. The molecule has 5 amide bonds. The number of rotatable bonds is 36. The minimum atomic E-state index is -0.377. The van der Waals surface area contributed by atoms with Crippen molar-refractivity contribution in [2.45, 2.75) is 385 Å². The number of likely N-dealkylation sites (tertiary alicyclic amines) is 2. The van der Waals surface area contributed by atoms with Crippen LogP contribution in [0.15, 0.2) is 122 Å². The maximum atomic E-state index is 12.4. The van der Waals surface area contributed by atoms with E-state index in [0.29, 0.717) is 116 Å². The maximum Gasteiger partial charge on any atom is 0.311 e. The van der Waals surface area contributed by atoms with Crippen molar-refractivity contribution in [3.05, 3.63) is 144 Å². The van der Waals surface area contributed by atoms with Crippen LogP contribution in [0.3, 0.4) is 0 Å². The fourth-order valence-electron chi connectivity index (χ4n) is 13.6. The minimum absolute atomic E-state index is 0.0780. The highest BCUT2D eigenvalue weighted by Gasteiger charge is 2.46. The number of imide groups is 2. The summed E-state index contributed by atoms with van der Waals surface area (Å²) in [4.78, 5) is 151. The van der Waals surface area contributed by atoms with E-state index >= 15 is 0 Å². The molecule has 0 bridgehead atoms. The molecule has 0 aliphatic carbocycles. The molecule has 2 aliphatic rings. The predicted octanol–water partition coefficient (Wildman–Crippen LogP) is 26.1. The Morgan fingerprint density at radius 1 is 0.373 bits per heavy atom. The molecule has 0 radical (unpaired) electrons. The van der Waals surface area contributed by atoms with Gasteiger partial charge >= 0.3 is 5.97 Å². The lowest BCUT2D eigenvalue weighted by Crippen LogP contribution is -2.37. The van der Waals surface area contributed by atoms with Gasteiger partial charge in [-0.1, -0.05) is 322 Å². The monoisotopic (exact) mass is 2090 g/mol. The van der Waals surface area contributed by atoms with E-state index in [-0.39, 0.29) is 185 Å². The van der Waals surface area contributed by atoms with Gasteiger partial charge in [0.2, 0.25) is 35.4 Å². The van der Waals surface area contributed by atoms with Crippen LogP contribution in [-0.4, -0.2) is 178 Å². The van der Waals surface area contributed by atoms with Gasteiger partial charge < -0.3 is 38.5 Å². The lowest BCUT2D eigenvalue weighted by molar-refractivity contribution is -0.153. The molecule has 2 fully saturated rings. The number of pyridine rings is 1. The molecule has 26 nitrogen and oxygen atoms in total. The number of nitrogens with zero attached hydrogens (tertiary/aromatic N) is 6. The molecule has 2 saturated heterocycles. The number of hydrogen-bond donors (Lipinski definition) is 1. The number of ketones is 6. The molecule has 2 unspecified atom stereocenters. The molecule has 4 aromatic carbocycles. The summed E-state index contributed by atoms with van der Waals surface area (Å²) in [5.74, 6) is 1.80. The summed E-state index contributed by atoms with van der Waals surface area (Å²) in [6.45, 7) is 88.6. The summed E-state index contributed by atoms with van der Waals surface area (Å²) in [5.41, 5.74) is 6.50. The molecule has 0 saturated carbocycles. The van der Waals surface area contributed by atoms with E-state index in [2.05, 4.69) is 140 Å². The van der Waals surface area contributed by atoms with Crippen LogP contribution in [0.2, 0.25) is 0 Å². The van der Waals surface area contributed by atoms with Gasteiger partial charge in [0.25, 0.3) is 0 Å². The third-order valence-corrected chi connectivity index (χ3v) is 24.7. The largest absolute Gasteiger partial charge is 0.475 e. The number of esters is 1. The Kier molecular flexibility index (Phi) is 53.3. The summed E-state index contributed by atoms with van der Waals surface area (Å²) in [5, 5.41) is 11.5. The van der Waals surface area contributed by atoms with Crippen LogP contribution in [0, 0.1) is 71.4 Å². The first-order chi connectivity index (χ1) is 68.2. The molecular formula is C124H195N7O19. The zero-order valence-electron chi connectivity index (χ0n) is 100. The Morgan fingerprint density at radius 3 is 1.23 bits per heavy atom. The lowest BCUT2D eigenvalue weighted by Gasteiger charge is -2.25. The van der Waals surface area contributed by atoms with Crippen molar-refractivity contribution >= 4 is 70.2 Å². The smallest absolute Gasteiger partial charge is 0.311 e. The molecule has 2 aromatic heterocycles. The SMILES string of the molecule is CC(C)(C)C(=O)CCCN1C(=O)CC(C(C)(C)C)C1=O.CC(C)(C)C(=O)CCOCCNC(=O)CCN1C(=O)CC(C(C)(C)C)C1=O.CC(C)(C)C(=O)COCCOc1ccc(-c2ccc(C(C)(C)C)cc2)cn1.CC(C)(C)C(=O)COCc1ccc(Oc2ccc(C(C)(C)C)cc2)cc1.CC(C)(C)CCC(=O)C(C)(C)C.CC(C)(C)CCOC(=O)C(C)(C)C.CC(C)(C)OCCn1ncc(-c2ccc(CC(=O)C(C)(C)C)cc2)n1. The second-order valence-electron chi connectivity index (χ2n) is 54.2. The Bertz CT molecular complexity index is 5220. The average molecular weight is 2090 g/mol. The van der Waals surface area contributed by atoms with Gasteiger partial charge in [-0.05, 0) is 151 Å².